The second-order valence-electron chi connectivity index (χ2n) is 5.17. The van der Waals surface area contributed by atoms with Gasteiger partial charge in [-0.2, -0.15) is 0 Å². The van der Waals surface area contributed by atoms with Gasteiger partial charge in [-0.05, 0) is 26.3 Å². The first-order chi connectivity index (χ1) is 10.0. The van der Waals surface area contributed by atoms with Gasteiger partial charge in [0.25, 0.3) is 0 Å². The van der Waals surface area contributed by atoms with Gasteiger partial charge in [-0.25, -0.2) is 9.97 Å². The molecule has 2 aromatic rings. The summed E-state index contributed by atoms with van der Waals surface area (Å²) in [5.74, 6) is -0.00330. The smallest absolute Gasteiger partial charge is 0.197 e. The van der Waals surface area contributed by atoms with Crippen LogP contribution in [0.3, 0.4) is 0 Å². The Labute approximate surface area is 122 Å². The fourth-order valence-corrected chi connectivity index (χ4v) is 2.42. The summed E-state index contributed by atoms with van der Waals surface area (Å²) in [5.41, 5.74) is 3.34. The molecule has 0 aliphatic heterocycles. The van der Waals surface area contributed by atoms with Gasteiger partial charge in [0.1, 0.15) is 0 Å². The molecule has 1 aliphatic carbocycles. The Bertz CT molecular complexity index is 819. The minimum Gasteiger partial charge on any atom is -0.289 e. The number of aromatic nitrogens is 2. The van der Waals surface area contributed by atoms with Crippen molar-refractivity contribution < 1.29 is 9.59 Å². The lowest BCUT2D eigenvalue weighted by atomic mass is 9.84. The van der Waals surface area contributed by atoms with Gasteiger partial charge in [-0.15, -0.1) is 0 Å². The number of benzene rings is 1. The average Bonchev–Trinajstić information content (AvgIpc) is 2.49. The van der Waals surface area contributed by atoms with Crippen molar-refractivity contribution in [3.8, 4) is 0 Å². The molecule has 0 fully saturated rings. The van der Waals surface area contributed by atoms with Crippen LogP contribution >= 0.6 is 0 Å². The van der Waals surface area contributed by atoms with Gasteiger partial charge in [0.2, 0.25) is 0 Å². The molecule has 21 heavy (non-hydrogen) atoms. The Kier molecular flexibility index (Phi) is 3.01. The Balaban J connectivity index is 2.23. The van der Waals surface area contributed by atoms with Crippen molar-refractivity contribution in [1.29, 1.82) is 0 Å². The third-order valence-corrected chi connectivity index (χ3v) is 3.81. The molecular formula is C17H14N2O2. The standard InChI is InChI=1S/C17H14N2O2/c1-9-8-18-17(19-11(9)3)14-10(2)15(20)12-6-4-5-7-13(12)16(14)21/h4-8H,1-3H3. The SMILES string of the molecule is CC1=C(c2ncc(C)c(C)n2)C(=O)c2ccccc2C1=O. The van der Waals surface area contributed by atoms with Crippen molar-refractivity contribution in [2.75, 3.05) is 0 Å². The van der Waals surface area contributed by atoms with E-state index in [2.05, 4.69) is 9.97 Å². The number of hydrogen-bond acceptors (Lipinski definition) is 4. The minimum atomic E-state index is -0.189. The molecule has 1 heterocycles. The third-order valence-electron chi connectivity index (χ3n) is 3.81. The summed E-state index contributed by atoms with van der Waals surface area (Å²) in [6.45, 7) is 5.42. The third kappa shape index (κ3) is 2.00. The van der Waals surface area contributed by atoms with Crippen LogP contribution in [0.5, 0.6) is 0 Å². The largest absolute Gasteiger partial charge is 0.289 e. The maximum Gasteiger partial charge on any atom is 0.197 e. The molecule has 0 atom stereocenters. The molecule has 0 radical (unpaired) electrons. The van der Waals surface area contributed by atoms with E-state index in [1.807, 2.05) is 13.8 Å². The average molecular weight is 278 g/mol. The topological polar surface area (TPSA) is 59.9 Å². The Morgan fingerprint density at radius 3 is 2.14 bits per heavy atom. The summed E-state index contributed by atoms with van der Waals surface area (Å²) in [5, 5.41) is 0. The van der Waals surface area contributed by atoms with E-state index >= 15 is 0 Å². The maximum absolute atomic E-state index is 12.7. The van der Waals surface area contributed by atoms with E-state index in [1.165, 1.54) is 0 Å². The number of hydrogen-bond donors (Lipinski definition) is 0. The van der Waals surface area contributed by atoms with E-state index in [4.69, 9.17) is 0 Å². The van der Waals surface area contributed by atoms with Crippen LogP contribution < -0.4 is 0 Å². The maximum atomic E-state index is 12.7. The lowest BCUT2D eigenvalue weighted by molar-refractivity contribution is 0.0991. The Morgan fingerprint density at radius 1 is 0.905 bits per heavy atom. The number of carbonyl (C=O) groups is 2. The molecule has 1 aliphatic rings. The minimum absolute atomic E-state index is 0.137. The van der Waals surface area contributed by atoms with Gasteiger partial charge in [0.05, 0.1) is 5.57 Å². The molecule has 1 aromatic heterocycles. The summed E-state index contributed by atoms with van der Waals surface area (Å²) in [4.78, 5) is 33.7. The van der Waals surface area contributed by atoms with Crippen molar-refractivity contribution in [2.24, 2.45) is 0 Å². The molecule has 104 valence electrons. The van der Waals surface area contributed by atoms with Crippen molar-refractivity contribution in [1.82, 2.24) is 9.97 Å². The highest BCUT2D eigenvalue weighted by Crippen LogP contribution is 2.30. The van der Waals surface area contributed by atoms with Gasteiger partial charge < -0.3 is 0 Å². The van der Waals surface area contributed by atoms with Crippen molar-refractivity contribution >= 4 is 17.1 Å². The molecule has 0 bridgehead atoms. The molecule has 0 spiro atoms. The van der Waals surface area contributed by atoms with E-state index in [-0.39, 0.29) is 11.6 Å². The molecule has 0 saturated heterocycles. The zero-order valence-corrected chi connectivity index (χ0v) is 12.1. The van der Waals surface area contributed by atoms with Crippen LogP contribution in [0.25, 0.3) is 5.57 Å². The number of nitrogens with zero attached hydrogens (tertiary/aromatic N) is 2. The Morgan fingerprint density at radius 2 is 1.52 bits per heavy atom. The first-order valence-electron chi connectivity index (χ1n) is 6.70. The number of fused-ring (bicyclic) bond motifs is 1. The van der Waals surface area contributed by atoms with Crippen molar-refractivity contribution in [3.63, 3.8) is 0 Å². The van der Waals surface area contributed by atoms with E-state index in [0.29, 0.717) is 28.1 Å². The number of allylic oxidation sites excluding steroid dienone is 2. The summed E-state index contributed by atoms with van der Waals surface area (Å²) in [6.07, 6.45) is 1.68. The van der Waals surface area contributed by atoms with Crippen LogP contribution in [-0.4, -0.2) is 21.5 Å². The fraction of sp³-hybridized carbons (Fsp3) is 0.176. The van der Waals surface area contributed by atoms with Crippen LogP contribution in [0.15, 0.2) is 36.0 Å². The lowest BCUT2D eigenvalue weighted by Gasteiger charge is -2.18. The van der Waals surface area contributed by atoms with Crippen LogP contribution in [0.2, 0.25) is 0 Å². The van der Waals surface area contributed by atoms with Gasteiger partial charge in [0, 0.05) is 28.6 Å². The second-order valence-corrected chi connectivity index (χ2v) is 5.17. The fourth-order valence-electron chi connectivity index (χ4n) is 2.42. The first kappa shape index (κ1) is 13.4. The summed E-state index contributed by atoms with van der Waals surface area (Å²) >= 11 is 0. The van der Waals surface area contributed by atoms with Crippen LogP contribution in [-0.2, 0) is 0 Å². The number of ketones is 2. The number of aryl methyl sites for hydroxylation is 2. The van der Waals surface area contributed by atoms with Gasteiger partial charge >= 0.3 is 0 Å². The summed E-state index contributed by atoms with van der Waals surface area (Å²) in [7, 11) is 0. The van der Waals surface area contributed by atoms with Crippen LogP contribution in [0.4, 0.5) is 0 Å². The van der Waals surface area contributed by atoms with Crippen LogP contribution in [0.1, 0.15) is 44.7 Å². The lowest BCUT2D eigenvalue weighted by Crippen LogP contribution is -2.21. The molecule has 0 saturated carbocycles. The van der Waals surface area contributed by atoms with Gasteiger partial charge in [0.15, 0.2) is 17.4 Å². The molecular weight excluding hydrogens is 264 g/mol. The second kappa shape index (κ2) is 4.74. The quantitative estimate of drug-likeness (QED) is 0.804. The highest BCUT2D eigenvalue weighted by Gasteiger charge is 2.31. The molecule has 0 N–H and O–H groups in total. The predicted octanol–water partition coefficient (Wildman–Crippen LogP) is 2.95. The monoisotopic (exact) mass is 278 g/mol. The number of carbonyl (C=O) groups excluding carboxylic acids is 2. The van der Waals surface area contributed by atoms with Crippen molar-refractivity contribution in [2.45, 2.75) is 20.8 Å². The van der Waals surface area contributed by atoms with E-state index < -0.39 is 0 Å². The zero-order chi connectivity index (χ0) is 15.1. The number of rotatable bonds is 1. The van der Waals surface area contributed by atoms with E-state index in [0.717, 1.165) is 11.3 Å². The molecule has 4 nitrogen and oxygen atoms in total. The highest BCUT2D eigenvalue weighted by molar-refractivity contribution is 6.39. The molecule has 0 amide bonds. The van der Waals surface area contributed by atoms with Crippen molar-refractivity contribution in [3.05, 3.63) is 64.2 Å². The van der Waals surface area contributed by atoms with Crippen LogP contribution in [0, 0.1) is 13.8 Å². The predicted molar refractivity (Wildman–Crippen MR) is 79.2 cm³/mol. The van der Waals surface area contributed by atoms with E-state index in [1.54, 1.807) is 37.4 Å². The molecule has 3 rings (SSSR count). The molecule has 1 aromatic carbocycles. The van der Waals surface area contributed by atoms with E-state index in [9.17, 15) is 9.59 Å². The number of Topliss-reactive ketones (excluding diaryl/α,β-unsaturated/α-hetero) is 2. The highest BCUT2D eigenvalue weighted by atomic mass is 16.1. The molecule has 0 unspecified atom stereocenters. The first-order valence-corrected chi connectivity index (χ1v) is 6.70. The normalized spacial score (nSPS) is 14.4. The summed E-state index contributed by atoms with van der Waals surface area (Å²) in [6, 6.07) is 6.86. The van der Waals surface area contributed by atoms with Gasteiger partial charge in [-0.3, -0.25) is 9.59 Å². The summed E-state index contributed by atoms with van der Waals surface area (Å²) < 4.78 is 0. The molecule has 4 heteroatoms. The Hall–Kier alpha value is -2.62. The van der Waals surface area contributed by atoms with Gasteiger partial charge in [-0.1, -0.05) is 24.3 Å². The zero-order valence-electron chi connectivity index (χ0n) is 12.1.